The van der Waals surface area contributed by atoms with Gasteiger partial charge in [-0.3, -0.25) is 4.79 Å². The minimum Gasteiger partial charge on any atom is -0.317 e. The summed E-state index contributed by atoms with van der Waals surface area (Å²) in [6.45, 7) is 0. The van der Waals surface area contributed by atoms with Gasteiger partial charge in [0.2, 0.25) is 0 Å². The zero-order valence-electron chi connectivity index (χ0n) is 9.38. The van der Waals surface area contributed by atoms with Gasteiger partial charge in [-0.2, -0.15) is 0 Å². The third-order valence-corrected chi connectivity index (χ3v) is 2.36. The molecule has 0 heterocycles. The summed E-state index contributed by atoms with van der Waals surface area (Å²) in [7, 11) is 0. The van der Waals surface area contributed by atoms with Crippen LogP contribution < -0.4 is 5.32 Å². The van der Waals surface area contributed by atoms with Gasteiger partial charge in [0.05, 0.1) is 5.56 Å². The predicted molar refractivity (Wildman–Crippen MR) is 60.7 cm³/mol. The van der Waals surface area contributed by atoms with E-state index in [-0.39, 0.29) is 5.56 Å². The molecule has 2 nitrogen and oxygen atoms in total. The van der Waals surface area contributed by atoms with Gasteiger partial charge in [0.25, 0.3) is 5.91 Å². The number of halogens is 4. The smallest absolute Gasteiger partial charge is 0.258 e. The molecule has 2 aromatic carbocycles. The summed E-state index contributed by atoms with van der Waals surface area (Å²) >= 11 is 0. The number of amides is 1. The van der Waals surface area contributed by atoms with Crippen LogP contribution in [0.2, 0.25) is 0 Å². The molecule has 0 saturated carbocycles. The molecule has 0 radical (unpaired) electrons. The molecule has 1 amide bonds. The Kier molecular flexibility index (Phi) is 3.50. The quantitative estimate of drug-likeness (QED) is 0.831. The fourth-order valence-corrected chi connectivity index (χ4v) is 1.49. The van der Waals surface area contributed by atoms with Gasteiger partial charge in [-0.15, -0.1) is 0 Å². The summed E-state index contributed by atoms with van der Waals surface area (Å²) in [4.78, 5) is 11.6. The predicted octanol–water partition coefficient (Wildman–Crippen LogP) is 3.50. The molecular formula is C13H7F4NO. The second kappa shape index (κ2) is 5.09. The molecular weight excluding hydrogens is 262 g/mol. The van der Waals surface area contributed by atoms with Gasteiger partial charge >= 0.3 is 0 Å². The first-order valence-electron chi connectivity index (χ1n) is 5.19. The molecule has 2 rings (SSSR count). The molecule has 0 unspecified atom stereocenters. The molecule has 0 bridgehead atoms. The van der Waals surface area contributed by atoms with Crippen LogP contribution in [0.15, 0.2) is 36.4 Å². The Morgan fingerprint density at radius 1 is 0.895 bits per heavy atom. The van der Waals surface area contributed by atoms with Crippen molar-refractivity contribution in [1.82, 2.24) is 0 Å². The van der Waals surface area contributed by atoms with Crippen molar-refractivity contribution in [3.63, 3.8) is 0 Å². The van der Waals surface area contributed by atoms with E-state index in [1.165, 1.54) is 12.1 Å². The van der Waals surface area contributed by atoms with Crippen LogP contribution in [0.4, 0.5) is 23.2 Å². The monoisotopic (exact) mass is 269 g/mol. The summed E-state index contributed by atoms with van der Waals surface area (Å²) in [5, 5.41) is 1.87. The van der Waals surface area contributed by atoms with E-state index in [9.17, 15) is 22.4 Å². The molecule has 6 heteroatoms. The number of hydrogen-bond acceptors (Lipinski definition) is 1. The molecule has 19 heavy (non-hydrogen) atoms. The van der Waals surface area contributed by atoms with Gasteiger partial charge in [-0.1, -0.05) is 12.1 Å². The van der Waals surface area contributed by atoms with Crippen LogP contribution >= 0.6 is 0 Å². The maximum absolute atomic E-state index is 13.3. The molecule has 0 atom stereocenters. The number of anilines is 1. The van der Waals surface area contributed by atoms with Crippen LogP contribution in [0.25, 0.3) is 0 Å². The van der Waals surface area contributed by atoms with E-state index in [1.807, 2.05) is 5.32 Å². The van der Waals surface area contributed by atoms with Crippen molar-refractivity contribution in [1.29, 1.82) is 0 Å². The van der Waals surface area contributed by atoms with E-state index < -0.39 is 34.9 Å². The van der Waals surface area contributed by atoms with Crippen molar-refractivity contribution in [2.24, 2.45) is 0 Å². The van der Waals surface area contributed by atoms with E-state index >= 15 is 0 Å². The first-order chi connectivity index (χ1) is 8.99. The molecule has 1 N–H and O–H groups in total. The van der Waals surface area contributed by atoms with E-state index in [0.717, 1.165) is 12.1 Å². The lowest BCUT2D eigenvalue weighted by molar-refractivity contribution is 0.102. The van der Waals surface area contributed by atoms with Gasteiger partial charge in [0.1, 0.15) is 17.3 Å². The third kappa shape index (κ3) is 2.73. The van der Waals surface area contributed by atoms with Crippen molar-refractivity contribution in [2.75, 3.05) is 5.32 Å². The third-order valence-electron chi connectivity index (χ3n) is 2.36. The highest BCUT2D eigenvalue weighted by molar-refractivity contribution is 6.04. The topological polar surface area (TPSA) is 29.1 Å². The molecule has 0 aromatic heterocycles. The molecule has 0 saturated heterocycles. The molecule has 0 aliphatic heterocycles. The van der Waals surface area contributed by atoms with Crippen molar-refractivity contribution in [2.45, 2.75) is 0 Å². The summed E-state index contributed by atoms with van der Waals surface area (Å²) in [5.41, 5.74) is -1.19. The number of carbonyl (C=O) groups excluding carboxylic acids is 1. The maximum Gasteiger partial charge on any atom is 0.258 e. The van der Waals surface area contributed by atoms with Crippen LogP contribution in [-0.4, -0.2) is 5.91 Å². The SMILES string of the molecule is O=C(Nc1c(F)cc(F)cc1F)c1ccccc1F. The highest BCUT2D eigenvalue weighted by Crippen LogP contribution is 2.21. The first-order valence-corrected chi connectivity index (χ1v) is 5.19. The number of nitrogens with one attached hydrogen (secondary N) is 1. The van der Waals surface area contributed by atoms with Crippen LogP contribution in [0, 0.1) is 23.3 Å². The lowest BCUT2D eigenvalue weighted by Crippen LogP contribution is -2.16. The molecule has 98 valence electrons. The van der Waals surface area contributed by atoms with Gasteiger partial charge in [0, 0.05) is 12.1 Å². The lowest BCUT2D eigenvalue weighted by atomic mass is 10.2. The molecule has 0 fully saturated rings. The standard InChI is InChI=1S/C13H7F4NO/c14-7-5-10(16)12(11(17)6-7)18-13(19)8-3-1-2-4-9(8)15/h1-6H,(H,18,19). The molecule has 0 spiro atoms. The Labute approximate surface area is 105 Å². The second-order valence-corrected chi connectivity index (χ2v) is 3.68. The Bertz CT molecular complexity index is 619. The van der Waals surface area contributed by atoms with Crippen molar-refractivity contribution in [3.05, 3.63) is 65.2 Å². The van der Waals surface area contributed by atoms with Crippen molar-refractivity contribution >= 4 is 11.6 Å². The van der Waals surface area contributed by atoms with Gasteiger partial charge in [-0.05, 0) is 12.1 Å². The zero-order valence-corrected chi connectivity index (χ0v) is 9.38. The Balaban J connectivity index is 2.32. The second-order valence-electron chi connectivity index (χ2n) is 3.68. The summed E-state index contributed by atoms with van der Waals surface area (Å²) in [6, 6.07) is 5.79. The van der Waals surface area contributed by atoms with Crippen LogP contribution in [0.3, 0.4) is 0 Å². The van der Waals surface area contributed by atoms with Gasteiger partial charge in [0.15, 0.2) is 11.6 Å². The minimum absolute atomic E-state index is 0.370. The normalized spacial score (nSPS) is 10.3. The molecule has 2 aromatic rings. The summed E-state index contributed by atoms with van der Waals surface area (Å²) in [5.74, 6) is -5.52. The highest BCUT2D eigenvalue weighted by Gasteiger charge is 2.17. The Morgan fingerprint density at radius 2 is 1.47 bits per heavy atom. The number of benzene rings is 2. The highest BCUT2D eigenvalue weighted by atomic mass is 19.1. The maximum atomic E-state index is 13.3. The van der Waals surface area contributed by atoms with E-state index in [2.05, 4.69) is 0 Å². The van der Waals surface area contributed by atoms with Crippen LogP contribution in [0.5, 0.6) is 0 Å². The van der Waals surface area contributed by atoms with E-state index in [0.29, 0.717) is 12.1 Å². The largest absolute Gasteiger partial charge is 0.317 e. The average Bonchev–Trinajstić information content (AvgIpc) is 2.34. The summed E-state index contributed by atoms with van der Waals surface area (Å²) < 4.78 is 52.6. The zero-order chi connectivity index (χ0) is 14.0. The fraction of sp³-hybridized carbons (Fsp3) is 0. The fourth-order valence-electron chi connectivity index (χ4n) is 1.49. The molecule has 0 aliphatic carbocycles. The van der Waals surface area contributed by atoms with Crippen molar-refractivity contribution in [3.8, 4) is 0 Å². The van der Waals surface area contributed by atoms with Gasteiger partial charge in [-0.25, -0.2) is 17.6 Å². The van der Waals surface area contributed by atoms with Crippen LogP contribution in [0.1, 0.15) is 10.4 Å². The van der Waals surface area contributed by atoms with E-state index in [4.69, 9.17) is 0 Å². The molecule has 0 aliphatic rings. The number of carbonyl (C=O) groups is 1. The Morgan fingerprint density at radius 3 is 2.05 bits per heavy atom. The average molecular weight is 269 g/mol. The number of hydrogen-bond donors (Lipinski definition) is 1. The summed E-state index contributed by atoms with van der Waals surface area (Å²) in [6.07, 6.45) is 0. The Hall–Kier alpha value is -2.37. The van der Waals surface area contributed by atoms with Crippen molar-refractivity contribution < 1.29 is 22.4 Å². The van der Waals surface area contributed by atoms with E-state index in [1.54, 1.807) is 0 Å². The number of rotatable bonds is 2. The first kappa shape index (κ1) is 13.1. The minimum atomic E-state index is -1.28. The lowest BCUT2D eigenvalue weighted by Gasteiger charge is -2.08. The van der Waals surface area contributed by atoms with Gasteiger partial charge < -0.3 is 5.32 Å². The van der Waals surface area contributed by atoms with Crippen LogP contribution in [-0.2, 0) is 0 Å².